The van der Waals surface area contributed by atoms with Crippen LogP contribution in [0.3, 0.4) is 0 Å². The molecule has 0 atom stereocenters. The molecule has 0 aliphatic rings. The molecule has 0 radical (unpaired) electrons. The monoisotopic (exact) mass is 225 g/mol. The summed E-state index contributed by atoms with van der Waals surface area (Å²) in [6.45, 7) is 1.93. The van der Waals surface area contributed by atoms with Crippen LogP contribution < -0.4 is 9.75 Å². The van der Waals surface area contributed by atoms with E-state index in [1.807, 2.05) is 25.1 Å². The Bertz CT molecular complexity index is 537. The standard InChI is InChI=1S/C9H7NO2S2/c1-6-3-2-4-7(5-6)10-8(11)13-14-9(10)12/h2-5H,1H3. The quantitative estimate of drug-likeness (QED) is 0.692. The van der Waals surface area contributed by atoms with Gasteiger partial charge in [-0.15, -0.1) is 0 Å². The Morgan fingerprint density at radius 3 is 2.36 bits per heavy atom. The molecule has 2 rings (SSSR count). The van der Waals surface area contributed by atoms with E-state index in [0.29, 0.717) is 5.69 Å². The third-order valence-corrected chi connectivity index (χ3v) is 3.65. The molecule has 0 aliphatic heterocycles. The zero-order valence-electron chi connectivity index (χ0n) is 7.39. The Balaban J connectivity index is 2.72. The van der Waals surface area contributed by atoms with E-state index >= 15 is 0 Å². The molecule has 3 nitrogen and oxygen atoms in total. The van der Waals surface area contributed by atoms with E-state index in [4.69, 9.17) is 0 Å². The number of rotatable bonds is 1. The highest BCUT2D eigenvalue weighted by atomic mass is 32.9. The van der Waals surface area contributed by atoms with Gasteiger partial charge >= 0.3 is 9.75 Å². The highest BCUT2D eigenvalue weighted by Crippen LogP contribution is 2.07. The van der Waals surface area contributed by atoms with Crippen LogP contribution in [0.2, 0.25) is 0 Å². The van der Waals surface area contributed by atoms with Crippen molar-refractivity contribution in [1.29, 1.82) is 0 Å². The Hall–Kier alpha value is -1.20. The van der Waals surface area contributed by atoms with Gasteiger partial charge in [0.25, 0.3) is 0 Å². The van der Waals surface area contributed by atoms with Crippen LogP contribution >= 0.6 is 20.7 Å². The van der Waals surface area contributed by atoms with Crippen LogP contribution in [0.4, 0.5) is 0 Å². The van der Waals surface area contributed by atoms with Gasteiger partial charge in [0.1, 0.15) is 0 Å². The predicted molar refractivity (Wildman–Crippen MR) is 58.8 cm³/mol. The van der Waals surface area contributed by atoms with Gasteiger partial charge < -0.3 is 0 Å². The molecule has 2 aromatic rings. The summed E-state index contributed by atoms with van der Waals surface area (Å²) in [5.41, 5.74) is 1.68. The molecule has 0 N–H and O–H groups in total. The molecule has 1 heterocycles. The number of benzene rings is 1. The Kier molecular flexibility index (Phi) is 2.35. The maximum atomic E-state index is 11.3. The predicted octanol–water partition coefficient (Wildman–Crippen LogP) is 1.63. The Morgan fingerprint density at radius 1 is 1.14 bits per heavy atom. The molecule has 0 bridgehead atoms. The summed E-state index contributed by atoms with van der Waals surface area (Å²) >= 11 is 0. The van der Waals surface area contributed by atoms with Crippen LogP contribution in [0.1, 0.15) is 5.56 Å². The first-order valence-corrected chi connectivity index (χ1v) is 6.13. The highest BCUT2D eigenvalue weighted by molar-refractivity contribution is 7.67. The van der Waals surface area contributed by atoms with Crippen molar-refractivity contribution >= 4 is 20.7 Å². The molecule has 0 aliphatic carbocycles. The first-order valence-electron chi connectivity index (χ1n) is 3.98. The lowest BCUT2D eigenvalue weighted by atomic mass is 10.2. The SMILES string of the molecule is Cc1cccc(-n2c(=O)ssc2=O)c1. The number of hydrogen-bond acceptors (Lipinski definition) is 4. The van der Waals surface area contributed by atoms with Crippen molar-refractivity contribution in [2.24, 2.45) is 0 Å². The number of nitrogens with zero attached hydrogens (tertiary/aromatic N) is 1. The van der Waals surface area contributed by atoms with Gasteiger partial charge in [-0.1, -0.05) is 12.1 Å². The molecule has 0 fully saturated rings. The molecule has 0 saturated carbocycles. The molecular weight excluding hydrogens is 218 g/mol. The zero-order valence-corrected chi connectivity index (χ0v) is 9.02. The fourth-order valence-electron chi connectivity index (χ4n) is 1.20. The topological polar surface area (TPSA) is 39.1 Å². The van der Waals surface area contributed by atoms with Gasteiger partial charge in [-0.3, -0.25) is 9.59 Å². The maximum Gasteiger partial charge on any atom is 0.325 e. The third-order valence-electron chi connectivity index (χ3n) is 1.81. The van der Waals surface area contributed by atoms with Crippen molar-refractivity contribution in [3.8, 4) is 5.69 Å². The summed E-state index contributed by atoms with van der Waals surface area (Å²) < 4.78 is 1.20. The molecule has 0 spiro atoms. The first kappa shape index (κ1) is 9.36. The van der Waals surface area contributed by atoms with E-state index in [9.17, 15) is 9.59 Å². The fraction of sp³-hybridized carbons (Fsp3) is 0.111. The summed E-state index contributed by atoms with van der Waals surface area (Å²) in [7, 11) is 1.94. The Morgan fingerprint density at radius 2 is 1.79 bits per heavy atom. The minimum atomic E-state index is -0.217. The second kappa shape index (κ2) is 3.51. The second-order valence-corrected chi connectivity index (χ2v) is 4.90. The van der Waals surface area contributed by atoms with E-state index < -0.39 is 0 Å². The van der Waals surface area contributed by atoms with E-state index in [0.717, 1.165) is 26.2 Å². The van der Waals surface area contributed by atoms with Crippen molar-refractivity contribution in [3.63, 3.8) is 0 Å². The van der Waals surface area contributed by atoms with Crippen LogP contribution in [-0.4, -0.2) is 4.57 Å². The average Bonchev–Trinajstić information content (AvgIpc) is 2.46. The van der Waals surface area contributed by atoms with E-state index in [1.165, 1.54) is 4.57 Å². The van der Waals surface area contributed by atoms with E-state index in [1.54, 1.807) is 6.07 Å². The maximum absolute atomic E-state index is 11.3. The Labute approximate surface area is 87.3 Å². The highest BCUT2D eigenvalue weighted by Gasteiger charge is 2.05. The summed E-state index contributed by atoms with van der Waals surface area (Å²) in [5.74, 6) is 0. The molecular formula is C9H7NO2S2. The van der Waals surface area contributed by atoms with Crippen molar-refractivity contribution in [2.75, 3.05) is 0 Å². The van der Waals surface area contributed by atoms with Crippen LogP contribution in [0.15, 0.2) is 33.9 Å². The van der Waals surface area contributed by atoms with Crippen molar-refractivity contribution in [3.05, 3.63) is 49.2 Å². The largest absolute Gasteiger partial charge is 0.325 e. The van der Waals surface area contributed by atoms with Gasteiger partial charge in [0.15, 0.2) is 0 Å². The van der Waals surface area contributed by atoms with Gasteiger partial charge in [-0.25, -0.2) is 4.57 Å². The van der Waals surface area contributed by atoms with Crippen molar-refractivity contribution in [2.45, 2.75) is 6.92 Å². The molecule has 1 aromatic carbocycles. The fourth-order valence-corrected chi connectivity index (χ4v) is 2.80. The van der Waals surface area contributed by atoms with Gasteiger partial charge in [0.2, 0.25) is 0 Å². The lowest BCUT2D eigenvalue weighted by molar-refractivity contribution is 1.00. The average molecular weight is 225 g/mol. The molecule has 0 saturated heterocycles. The van der Waals surface area contributed by atoms with Gasteiger partial charge in [-0.05, 0) is 45.3 Å². The third kappa shape index (κ3) is 1.56. The van der Waals surface area contributed by atoms with Crippen molar-refractivity contribution in [1.82, 2.24) is 4.57 Å². The van der Waals surface area contributed by atoms with Gasteiger partial charge in [0.05, 0.1) is 5.69 Å². The number of aromatic nitrogens is 1. The lowest BCUT2D eigenvalue weighted by Gasteiger charge is -1.99. The first-order chi connectivity index (χ1) is 6.68. The number of hydrogen-bond donors (Lipinski definition) is 0. The summed E-state index contributed by atoms with van der Waals surface area (Å²) in [6.07, 6.45) is 0. The van der Waals surface area contributed by atoms with Gasteiger partial charge in [-0.2, -0.15) is 0 Å². The van der Waals surface area contributed by atoms with Crippen LogP contribution in [0.5, 0.6) is 0 Å². The minimum Gasteiger partial charge on any atom is -0.255 e. The molecule has 72 valence electrons. The van der Waals surface area contributed by atoms with E-state index in [-0.39, 0.29) is 9.75 Å². The lowest BCUT2D eigenvalue weighted by Crippen LogP contribution is -2.21. The van der Waals surface area contributed by atoms with Crippen LogP contribution in [0, 0.1) is 6.92 Å². The minimum absolute atomic E-state index is 0.217. The molecule has 14 heavy (non-hydrogen) atoms. The van der Waals surface area contributed by atoms with Gasteiger partial charge in [0, 0.05) is 0 Å². The number of aryl methyl sites for hydroxylation is 1. The second-order valence-electron chi connectivity index (χ2n) is 2.87. The van der Waals surface area contributed by atoms with Crippen molar-refractivity contribution < 1.29 is 0 Å². The zero-order chi connectivity index (χ0) is 10.1. The summed E-state index contributed by atoms with van der Waals surface area (Å²) in [4.78, 5) is 22.3. The molecule has 0 unspecified atom stereocenters. The normalized spacial score (nSPS) is 10.4. The van der Waals surface area contributed by atoms with E-state index in [2.05, 4.69) is 0 Å². The molecule has 1 aromatic heterocycles. The van der Waals surface area contributed by atoms with Crippen LogP contribution in [0.25, 0.3) is 5.69 Å². The summed E-state index contributed by atoms with van der Waals surface area (Å²) in [5, 5.41) is 0. The smallest absolute Gasteiger partial charge is 0.255 e. The molecule has 5 heteroatoms. The summed E-state index contributed by atoms with van der Waals surface area (Å²) in [6, 6.07) is 7.34. The van der Waals surface area contributed by atoms with Crippen LogP contribution in [-0.2, 0) is 0 Å². The molecule has 0 amide bonds.